The number of nitrogens with one attached hydrogen (secondary N) is 2. The van der Waals surface area contributed by atoms with Gasteiger partial charge in [-0.1, -0.05) is 37.9 Å². The van der Waals surface area contributed by atoms with Gasteiger partial charge in [-0.2, -0.15) is 0 Å². The smallest absolute Gasteiger partial charge is 0.241 e. The van der Waals surface area contributed by atoms with Crippen LogP contribution < -0.4 is 10.6 Å². The third-order valence-electron chi connectivity index (χ3n) is 2.83. The molecule has 1 aromatic carbocycles. The van der Waals surface area contributed by atoms with Crippen molar-refractivity contribution in [1.82, 2.24) is 5.32 Å². The van der Waals surface area contributed by atoms with E-state index in [0.717, 1.165) is 17.7 Å². The zero-order chi connectivity index (χ0) is 13.5. The Morgan fingerprint density at radius 1 is 1.28 bits per heavy atom. The molecule has 0 aliphatic heterocycles. The molecule has 96 valence electrons. The third kappa shape index (κ3) is 4.53. The molecule has 1 atom stereocenters. The SMILES string of the molecule is [B]Cc1ccc(NC(=O)[C@@H](CC(C)C)NC)cc1. The Balaban J connectivity index is 2.61. The number of carbonyl (C=O) groups is 1. The number of hydrogen-bond donors (Lipinski definition) is 2. The minimum Gasteiger partial charge on any atom is -0.325 e. The molecule has 1 rings (SSSR count). The lowest BCUT2D eigenvalue weighted by Gasteiger charge is -2.18. The fourth-order valence-corrected chi connectivity index (χ4v) is 1.78. The average molecular weight is 244 g/mol. The molecule has 0 saturated heterocycles. The van der Waals surface area contributed by atoms with Crippen molar-refractivity contribution < 1.29 is 4.79 Å². The van der Waals surface area contributed by atoms with Crippen molar-refractivity contribution in [2.45, 2.75) is 32.6 Å². The van der Waals surface area contributed by atoms with E-state index < -0.39 is 0 Å². The molecule has 0 aromatic heterocycles. The van der Waals surface area contributed by atoms with Gasteiger partial charge in [0.1, 0.15) is 0 Å². The second-order valence-corrected chi connectivity index (χ2v) is 4.86. The number of carbonyl (C=O) groups excluding carboxylic acids is 1. The summed E-state index contributed by atoms with van der Waals surface area (Å²) in [5.41, 5.74) is 1.86. The summed E-state index contributed by atoms with van der Waals surface area (Å²) in [6.07, 6.45) is 1.34. The molecular formula is C14H21BN2O. The highest BCUT2D eigenvalue weighted by molar-refractivity contribution is 6.08. The molecule has 0 bridgehead atoms. The van der Waals surface area contributed by atoms with Gasteiger partial charge in [-0.25, -0.2) is 0 Å². The normalized spacial score (nSPS) is 12.4. The lowest BCUT2D eigenvalue weighted by atomic mass is 9.97. The first-order valence-corrected chi connectivity index (χ1v) is 6.34. The van der Waals surface area contributed by atoms with Crippen LogP contribution >= 0.6 is 0 Å². The fourth-order valence-electron chi connectivity index (χ4n) is 1.78. The summed E-state index contributed by atoms with van der Waals surface area (Å²) in [4.78, 5) is 12.0. The first-order valence-electron chi connectivity index (χ1n) is 6.34. The van der Waals surface area contributed by atoms with Crippen LogP contribution in [0.4, 0.5) is 5.69 Å². The molecule has 0 spiro atoms. The Morgan fingerprint density at radius 2 is 1.89 bits per heavy atom. The second-order valence-electron chi connectivity index (χ2n) is 4.86. The summed E-state index contributed by atoms with van der Waals surface area (Å²) in [7, 11) is 7.34. The molecule has 0 heterocycles. The first kappa shape index (κ1) is 14.8. The van der Waals surface area contributed by atoms with E-state index in [4.69, 9.17) is 7.85 Å². The molecule has 0 saturated carbocycles. The Labute approximate surface area is 111 Å². The molecule has 0 fully saturated rings. The zero-order valence-corrected chi connectivity index (χ0v) is 11.4. The predicted molar refractivity (Wildman–Crippen MR) is 76.8 cm³/mol. The van der Waals surface area contributed by atoms with Crippen molar-refractivity contribution in [3.63, 3.8) is 0 Å². The first-order chi connectivity index (χ1) is 8.56. The van der Waals surface area contributed by atoms with Crippen LogP contribution in [0.3, 0.4) is 0 Å². The molecule has 0 unspecified atom stereocenters. The largest absolute Gasteiger partial charge is 0.325 e. The van der Waals surface area contributed by atoms with Gasteiger partial charge in [-0.05, 0) is 31.5 Å². The van der Waals surface area contributed by atoms with Crippen molar-refractivity contribution >= 4 is 19.4 Å². The van der Waals surface area contributed by atoms with Crippen LogP contribution in [0.5, 0.6) is 0 Å². The Kier molecular flexibility index (Phi) is 5.92. The number of likely N-dealkylation sites (N-methyl/N-ethyl adjacent to an activating group) is 1. The van der Waals surface area contributed by atoms with Gasteiger partial charge < -0.3 is 10.6 Å². The molecule has 1 aromatic rings. The van der Waals surface area contributed by atoms with E-state index in [-0.39, 0.29) is 11.9 Å². The fraction of sp³-hybridized carbons (Fsp3) is 0.500. The number of anilines is 1. The van der Waals surface area contributed by atoms with Crippen molar-refractivity contribution in [2.75, 3.05) is 12.4 Å². The minimum absolute atomic E-state index is 0.00620. The molecule has 1 amide bonds. The zero-order valence-electron chi connectivity index (χ0n) is 11.4. The summed E-state index contributed by atoms with van der Waals surface area (Å²) < 4.78 is 0. The maximum atomic E-state index is 12.0. The van der Waals surface area contributed by atoms with Crippen LogP contribution in [0.2, 0.25) is 0 Å². The highest BCUT2D eigenvalue weighted by atomic mass is 16.2. The highest BCUT2D eigenvalue weighted by Gasteiger charge is 2.17. The second kappa shape index (κ2) is 7.22. The van der Waals surface area contributed by atoms with Crippen LogP contribution in [0.15, 0.2) is 24.3 Å². The summed E-state index contributed by atoms with van der Waals surface area (Å²) in [6, 6.07) is 7.45. The van der Waals surface area contributed by atoms with Crippen molar-refractivity contribution in [2.24, 2.45) is 5.92 Å². The minimum atomic E-state index is -0.154. The molecule has 18 heavy (non-hydrogen) atoms. The third-order valence-corrected chi connectivity index (χ3v) is 2.83. The van der Waals surface area contributed by atoms with Crippen molar-refractivity contribution in [3.8, 4) is 0 Å². The maximum absolute atomic E-state index is 12.0. The molecule has 2 N–H and O–H groups in total. The van der Waals surface area contributed by atoms with Crippen LogP contribution in [0.25, 0.3) is 0 Å². The summed E-state index contributed by atoms with van der Waals surface area (Å²) in [5.74, 6) is 0.486. The van der Waals surface area contributed by atoms with Gasteiger partial charge in [0.15, 0.2) is 0 Å². The standard InChI is InChI=1S/C14H21BN2O/c1-10(2)8-13(16-3)14(18)17-12-6-4-11(9-15)5-7-12/h4-7,10,13,16H,8-9H2,1-3H3,(H,17,18)/t13-/m1/s1. The number of rotatable bonds is 6. The lowest BCUT2D eigenvalue weighted by Crippen LogP contribution is -2.39. The number of amides is 1. The Hall–Kier alpha value is -1.29. The van der Waals surface area contributed by atoms with E-state index in [9.17, 15) is 4.79 Å². The van der Waals surface area contributed by atoms with Crippen LogP contribution in [-0.4, -0.2) is 26.8 Å². The molecule has 2 radical (unpaired) electrons. The highest BCUT2D eigenvalue weighted by Crippen LogP contribution is 2.11. The van der Waals surface area contributed by atoms with E-state index in [0.29, 0.717) is 12.2 Å². The summed E-state index contributed by atoms with van der Waals surface area (Å²) in [5, 5.41) is 5.95. The predicted octanol–water partition coefficient (Wildman–Crippen LogP) is 1.93. The van der Waals surface area contributed by atoms with Gasteiger partial charge in [-0.3, -0.25) is 4.79 Å². The molecule has 0 aliphatic carbocycles. The van der Waals surface area contributed by atoms with Gasteiger partial charge in [0, 0.05) is 5.69 Å². The molecule has 0 aliphatic rings. The van der Waals surface area contributed by atoms with Gasteiger partial charge >= 0.3 is 0 Å². The van der Waals surface area contributed by atoms with Gasteiger partial charge in [0.2, 0.25) is 5.91 Å². The molecular weight excluding hydrogens is 223 g/mol. The quantitative estimate of drug-likeness (QED) is 0.751. The topological polar surface area (TPSA) is 41.1 Å². The van der Waals surface area contributed by atoms with Crippen LogP contribution in [0, 0.1) is 5.92 Å². The monoisotopic (exact) mass is 244 g/mol. The van der Waals surface area contributed by atoms with E-state index in [1.807, 2.05) is 31.3 Å². The van der Waals surface area contributed by atoms with Crippen molar-refractivity contribution in [3.05, 3.63) is 29.8 Å². The lowest BCUT2D eigenvalue weighted by molar-refractivity contribution is -0.118. The van der Waals surface area contributed by atoms with Gasteiger partial charge in [0.05, 0.1) is 13.9 Å². The van der Waals surface area contributed by atoms with E-state index >= 15 is 0 Å². The van der Waals surface area contributed by atoms with Crippen LogP contribution in [-0.2, 0) is 11.1 Å². The average Bonchev–Trinajstić information content (AvgIpc) is 2.36. The Bertz CT molecular complexity index is 376. The van der Waals surface area contributed by atoms with Gasteiger partial charge in [-0.15, -0.1) is 0 Å². The van der Waals surface area contributed by atoms with E-state index in [1.54, 1.807) is 0 Å². The number of benzene rings is 1. The maximum Gasteiger partial charge on any atom is 0.241 e. The molecule has 3 nitrogen and oxygen atoms in total. The number of hydrogen-bond acceptors (Lipinski definition) is 2. The van der Waals surface area contributed by atoms with Gasteiger partial charge in [0.25, 0.3) is 0 Å². The summed E-state index contributed by atoms with van der Waals surface area (Å²) in [6.45, 7) is 4.21. The summed E-state index contributed by atoms with van der Waals surface area (Å²) >= 11 is 0. The van der Waals surface area contributed by atoms with Crippen molar-refractivity contribution in [1.29, 1.82) is 0 Å². The van der Waals surface area contributed by atoms with Crippen LogP contribution in [0.1, 0.15) is 25.8 Å². The molecule has 4 heteroatoms. The van der Waals surface area contributed by atoms with E-state index in [1.165, 1.54) is 0 Å². The van der Waals surface area contributed by atoms with E-state index in [2.05, 4.69) is 24.5 Å². The Morgan fingerprint density at radius 3 is 2.33 bits per heavy atom.